The SMILES string of the molecule is COc1cccc(Cl)c1CN1CCOC(CN)C1. The lowest BCUT2D eigenvalue weighted by atomic mass is 10.1. The molecule has 18 heavy (non-hydrogen) atoms. The molecule has 2 N–H and O–H groups in total. The van der Waals surface area contributed by atoms with Crippen molar-refractivity contribution in [3.63, 3.8) is 0 Å². The lowest BCUT2D eigenvalue weighted by molar-refractivity contribution is -0.0262. The van der Waals surface area contributed by atoms with Crippen molar-refractivity contribution in [3.05, 3.63) is 28.8 Å². The molecule has 1 aliphatic rings. The summed E-state index contributed by atoms with van der Waals surface area (Å²) in [5.41, 5.74) is 6.67. The highest BCUT2D eigenvalue weighted by atomic mass is 35.5. The fourth-order valence-corrected chi connectivity index (χ4v) is 2.40. The van der Waals surface area contributed by atoms with Gasteiger partial charge in [-0.05, 0) is 12.1 Å². The number of rotatable bonds is 4. The molecule has 1 fully saturated rings. The Kier molecular flexibility index (Phi) is 4.83. The predicted molar refractivity (Wildman–Crippen MR) is 72.1 cm³/mol. The first kappa shape index (κ1) is 13.6. The molecule has 4 nitrogen and oxygen atoms in total. The lowest BCUT2D eigenvalue weighted by Gasteiger charge is -2.32. The molecule has 5 heteroatoms. The zero-order valence-electron chi connectivity index (χ0n) is 10.6. The second-order valence-electron chi connectivity index (χ2n) is 4.38. The van der Waals surface area contributed by atoms with Gasteiger partial charge in [0.15, 0.2) is 0 Å². The van der Waals surface area contributed by atoms with E-state index in [4.69, 9.17) is 26.8 Å². The van der Waals surface area contributed by atoms with E-state index in [-0.39, 0.29) is 6.10 Å². The van der Waals surface area contributed by atoms with Gasteiger partial charge in [0.25, 0.3) is 0 Å². The number of halogens is 1. The average Bonchev–Trinajstić information content (AvgIpc) is 2.41. The summed E-state index contributed by atoms with van der Waals surface area (Å²) in [6.07, 6.45) is 0.118. The van der Waals surface area contributed by atoms with Crippen molar-refractivity contribution in [1.82, 2.24) is 4.90 Å². The van der Waals surface area contributed by atoms with Gasteiger partial charge in [0.1, 0.15) is 5.75 Å². The van der Waals surface area contributed by atoms with Gasteiger partial charge in [-0.1, -0.05) is 17.7 Å². The normalized spacial score (nSPS) is 20.9. The summed E-state index contributed by atoms with van der Waals surface area (Å²) in [5, 5.41) is 0.741. The highest BCUT2D eigenvalue weighted by Crippen LogP contribution is 2.28. The van der Waals surface area contributed by atoms with Gasteiger partial charge in [-0.25, -0.2) is 0 Å². The topological polar surface area (TPSA) is 47.7 Å². The third kappa shape index (κ3) is 3.14. The van der Waals surface area contributed by atoms with Crippen molar-refractivity contribution < 1.29 is 9.47 Å². The van der Waals surface area contributed by atoms with Crippen LogP contribution in [0.4, 0.5) is 0 Å². The third-order valence-corrected chi connectivity index (χ3v) is 3.52. The summed E-state index contributed by atoms with van der Waals surface area (Å²) in [6.45, 7) is 3.77. The number of ether oxygens (including phenoxy) is 2. The highest BCUT2D eigenvalue weighted by molar-refractivity contribution is 6.31. The van der Waals surface area contributed by atoms with E-state index in [1.165, 1.54) is 0 Å². The van der Waals surface area contributed by atoms with Gasteiger partial charge in [0, 0.05) is 36.8 Å². The number of nitrogens with zero attached hydrogens (tertiary/aromatic N) is 1. The second kappa shape index (κ2) is 6.38. The van der Waals surface area contributed by atoms with Gasteiger partial charge in [-0.3, -0.25) is 4.90 Å². The zero-order chi connectivity index (χ0) is 13.0. The van der Waals surface area contributed by atoms with Gasteiger partial charge < -0.3 is 15.2 Å². The fraction of sp³-hybridized carbons (Fsp3) is 0.538. The van der Waals surface area contributed by atoms with E-state index in [9.17, 15) is 0 Å². The number of benzene rings is 1. The number of nitrogens with two attached hydrogens (primary N) is 1. The molecule has 0 aromatic heterocycles. The van der Waals surface area contributed by atoms with Crippen LogP contribution >= 0.6 is 11.6 Å². The quantitative estimate of drug-likeness (QED) is 0.901. The van der Waals surface area contributed by atoms with Crippen LogP contribution in [0.15, 0.2) is 18.2 Å². The van der Waals surface area contributed by atoms with Crippen LogP contribution < -0.4 is 10.5 Å². The minimum absolute atomic E-state index is 0.118. The van der Waals surface area contributed by atoms with Crippen LogP contribution in [0.2, 0.25) is 5.02 Å². The van der Waals surface area contributed by atoms with Crippen molar-refractivity contribution in [1.29, 1.82) is 0 Å². The standard InChI is InChI=1S/C13H19ClN2O2/c1-17-13-4-2-3-12(14)11(13)9-16-5-6-18-10(7-15)8-16/h2-4,10H,5-9,15H2,1H3. The Labute approximate surface area is 113 Å². The molecule has 1 aromatic carbocycles. The van der Waals surface area contributed by atoms with Crippen LogP contribution in [0.25, 0.3) is 0 Å². The Bertz CT molecular complexity index is 401. The van der Waals surface area contributed by atoms with Crippen molar-refractivity contribution in [3.8, 4) is 5.75 Å². The molecule has 1 unspecified atom stereocenters. The molecule has 1 aromatic rings. The van der Waals surface area contributed by atoms with Gasteiger partial charge >= 0.3 is 0 Å². The third-order valence-electron chi connectivity index (χ3n) is 3.16. The molecule has 0 aliphatic carbocycles. The summed E-state index contributed by atoms with van der Waals surface area (Å²) in [5.74, 6) is 0.832. The van der Waals surface area contributed by atoms with Gasteiger partial charge in [-0.15, -0.1) is 0 Å². The highest BCUT2D eigenvalue weighted by Gasteiger charge is 2.21. The Morgan fingerprint density at radius 1 is 1.56 bits per heavy atom. The Balaban J connectivity index is 2.09. The Morgan fingerprint density at radius 2 is 2.39 bits per heavy atom. The Morgan fingerprint density at radius 3 is 3.11 bits per heavy atom. The largest absolute Gasteiger partial charge is 0.496 e. The molecule has 0 radical (unpaired) electrons. The second-order valence-corrected chi connectivity index (χ2v) is 4.79. The van der Waals surface area contributed by atoms with E-state index in [1.54, 1.807) is 7.11 Å². The maximum absolute atomic E-state index is 6.24. The van der Waals surface area contributed by atoms with Gasteiger partial charge in [0.05, 0.1) is 19.8 Å². The molecular weight excluding hydrogens is 252 g/mol. The van der Waals surface area contributed by atoms with E-state index < -0.39 is 0 Å². The molecule has 1 aliphatic heterocycles. The smallest absolute Gasteiger partial charge is 0.124 e. The lowest BCUT2D eigenvalue weighted by Crippen LogP contribution is -2.45. The van der Waals surface area contributed by atoms with Crippen molar-refractivity contribution in [2.24, 2.45) is 5.73 Å². The van der Waals surface area contributed by atoms with E-state index in [2.05, 4.69) is 4.90 Å². The molecular formula is C13H19ClN2O2. The monoisotopic (exact) mass is 270 g/mol. The molecule has 1 heterocycles. The molecule has 1 atom stereocenters. The summed E-state index contributed by atoms with van der Waals surface area (Å²) in [4.78, 5) is 2.30. The van der Waals surface area contributed by atoms with Crippen LogP contribution in [-0.2, 0) is 11.3 Å². The maximum Gasteiger partial charge on any atom is 0.124 e. The van der Waals surface area contributed by atoms with Crippen LogP contribution in [-0.4, -0.2) is 44.4 Å². The summed E-state index contributed by atoms with van der Waals surface area (Å²) in [7, 11) is 1.66. The molecule has 100 valence electrons. The van der Waals surface area contributed by atoms with E-state index in [0.717, 1.165) is 36.0 Å². The average molecular weight is 271 g/mol. The molecule has 0 bridgehead atoms. The minimum atomic E-state index is 0.118. The van der Waals surface area contributed by atoms with Gasteiger partial charge in [-0.2, -0.15) is 0 Å². The number of hydrogen-bond donors (Lipinski definition) is 1. The summed E-state index contributed by atoms with van der Waals surface area (Å²) >= 11 is 6.24. The Hall–Kier alpha value is -0.810. The van der Waals surface area contributed by atoms with Crippen molar-refractivity contribution in [2.45, 2.75) is 12.6 Å². The van der Waals surface area contributed by atoms with Crippen molar-refractivity contribution in [2.75, 3.05) is 33.4 Å². The molecule has 0 spiro atoms. The summed E-state index contributed by atoms with van der Waals surface area (Å²) in [6, 6.07) is 5.72. The first-order valence-corrected chi connectivity index (χ1v) is 6.47. The number of methoxy groups -OCH3 is 1. The van der Waals surface area contributed by atoms with Crippen molar-refractivity contribution >= 4 is 11.6 Å². The first-order chi connectivity index (χ1) is 8.74. The van der Waals surface area contributed by atoms with Gasteiger partial charge in [0.2, 0.25) is 0 Å². The molecule has 0 amide bonds. The van der Waals surface area contributed by atoms with E-state index >= 15 is 0 Å². The number of hydrogen-bond acceptors (Lipinski definition) is 4. The first-order valence-electron chi connectivity index (χ1n) is 6.10. The predicted octanol–water partition coefficient (Wildman–Crippen LogP) is 1.51. The van der Waals surface area contributed by atoms with Crippen LogP contribution in [0, 0.1) is 0 Å². The molecule has 1 saturated heterocycles. The maximum atomic E-state index is 6.24. The number of morpholine rings is 1. The summed E-state index contributed by atoms with van der Waals surface area (Å²) < 4.78 is 10.9. The molecule has 0 saturated carbocycles. The minimum Gasteiger partial charge on any atom is -0.496 e. The fourth-order valence-electron chi connectivity index (χ4n) is 2.17. The van der Waals surface area contributed by atoms with Crippen LogP contribution in [0.1, 0.15) is 5.56 Å². The van der Waals surface area contributed by atoms with E-state index in [0.29, 0.717) is 13.2 Å². The zero-order valence-corrected chi connectivity index (χ0v) is 11.3. The van der Waals surface area contributed by atoms with E-state index in [1.807, 2.05) is 18.2 Å². The van der Waals surface area contributed by atoms with Crippen LogP contribution in [0.3, 0.4) is 0 Å². The molecule has 2 rings (SSSR count). The van der Waals surface area contributed by atoms with Crippen LogP contribution in [0.5, 0.6) is 5.75 Å².